The van der Waals surface area contributed by atoms with E-state index in [-0.39, 0.29) is 29.1 Å². The van der Waals surface area contributed by atoms with Gasteiger partial charge in [-0.05, 0) is 75.7 Å². The number of amides is 2. The van der Waals surface area contributed by atoms with Crippen LogP contribution in [-0.4, -0.2) is 50.9 Å². The number of carbonyl (C=O) groups excluding carboxylic acids is 2. The molecule has 39 heavy (non-hydrogen) atoms. The van der Waals surface area contributed by atoms with E-state index < -0.39 is 28.5 Å². The van der Waals surface area contributed by atoms with Crippen LogP contribution in [0.1, 0.15) is 31.9 Å². The average Bonchev–Trinajstić information content (AvgIpc) is 2.89. The molecule has 3 aromatic rings. The molecule has 208 valence electrons. The molecule has 10 heteroatoms. The summed E-state index contributed by atoms with van der Waals surface area (Å²) >= 11 is 6.20. The molecule has 3 rings (SSSR count). The number of nitrogens with one attached hydrogen (secondary N) is 1. The second-order valence-corrected chi connectivity index (χ2v) is 11.8. The fourth-order valence-electron chi connectivity index (χ4n) is 4.03. The van der Waals surface area contributed by atoms with Crippen LogP contribution in [0.2, 0.25) is 5.02 Å². The van der Waals surface area contributed by atoms with Gasteiger partial charge in [0.1, 0.15) is 18.3 Å². The van der Waals surface area contributed by atoms with Gasteiger partial charge in [-0.15, -0.1) is 0 Å². The monoisotopic (exact) mass is 571 g/mol. The van der Waals surface area contributed by atoms with Gasteiger partial charge in [0.15, 0.2) is 0 Å². The molecule has 8 nitrogen and oxygen atoms in total. The molecule has 0 aliphatic carbocycles. The van der Waals surface area contributed by atoms with E-state index in [0.717, 1.165) is 15.4 Å². The molecule has 0 aliphatic heterocycles. The molecule has 0 aliphatic rings. The highest BCUT2D eigenvalue weighted by Crippen LogP contribution is 2.28. The Balaban J connectivity index is 2.04. The van der Waals surface area contributed by atoms with Crippen LogP contribution in [0.5, 0.6) is 5.75 Å². The first-order valence-electron chi connectivity index (χ1n) is 12.5. The van der Waals surface area contributed by atoms with Crippen molar-refractivity contribution in [3.05, 3.63) is 88.9 Å². The Labute approximate surface area is 235 Å². The van der Waals surface area contributed by atoms with E-state index in [1.54, 1.807) is 25.1 Å². The summed E-state index contributed by atoms with van der Waals surface area (Å²) in [6.45, 7) is 6.82. The van der Waals surface area contributed by atoms with Crippen molar-refractivity contribution >= 4 is 39.1 Å². The van der Waals surface area contributed by atoms with Gasteiger partial charge in [0.05, 0.1) is 17.7 Å². The van der Waals surface area contributed by atoms with E-state index in [1.165, 1.54) is 42.3 Å². The Hall–Kier alpha value is -3.56. The van der Waals surface area contributed by atoms with Crippen LogP contribution in [0.3, 0.4) is 0 Å². The third kappa shape index (κ3) is 7.74. The topological polar surface area (TPSA) is 96.0 Å². The smallest absolute Gasteiger partial charge is 0.264 e. The zero-order valence-corrected chi connectivity index (χ0v) is 24.3. The highest BCUT2D eigenvalue weighted by Gasteiger charge is 2.32. The van der Waals surface area contributed by atoms with Crippen LogP contribution in [0.15, 0.2) is 77.7 Å². The van der Waals surface area contributed by atoms with E-state index in [2.05, 4.69) is 5.32 Å². The van der Waals surface area contributed by atoms with Gasteiger partial charge in [-0.2, -0.15) is 0 Å². The Kier molecular flexibility index (Phi) is 9.99. The maximum Gasteiger partial charge on any atom is 0.264 e. The molecule has 2 amide bonds. The first-order valence-corrected chi connectivity index (χ1v) is 14.3. The quantitative estimate of drug-likeness (QED) is 0.357. The molecule has 1 unspecified atom stereocenters. The minimum atomic E-state index is -4.20. The second kappa shape index (κ2) is 13.0. The summed E-state index contributed by atoms with van der Waals surface area (Å²) in [5.41, 5.74) is 2.04. The highest BCUT2D eigenvalue weighted by molar-refractivity contribution is 7.92. The maximum atomic E-state index is 13.9. The largest absolute Gasteiger partial charge is 0.497 e. The van der Waals surface area contributed by atoms with Crippen molar-refractivity contribution in [1.29, 1.82) is 0 Å². The molecule has 0 spiro atoms. The van der Waals surface area contributed by atoms with E-state index in [9.17, 15) is 18.0 Å². The number of anilines is 1. The first-order chi connectivity index (χ1) is 18.4. The molecule has 0 saturated carbocycles. The van der Waals surface area contributed by atoms with Crippen LogP contribution >= 0.6 is 11.6 Å². The summed E-state index contributed by atoms with van der Waals surface area (Å²) in [6, 6.07) is 18.8. The minimum Gasteiger partial charge on any atom is -0.497 e. The van der Waals surface area contributed by atoms with E-state index >= 15 is 0 Å². The van der Waals surface area contributed by atoms with Crippen LogP contribution in [0.4, 0.5) is 5.69 Å². The molecule has 0 heterocycles. The lowest BCUT2D eigenvalue weighted by Gasteiger charge is -2.32. The lowest BCUT2D eigenvalue weighted by Crippen LogP contribution is -2.52. The van der Waals surface area contributed by atoms with Crippen molar-refractivity contribution in [2.24, 2.45) is 0 Å². The van der Waals surface area contributed by atoms with Crippen LogP contribution in [-0.2, 0) is 26.2 Å². The predicted molar refractivity (Wildman–Crippen MR) is 153 cm³/mol. The molecule has 0 bridgehead atoms. The lowest BCUT2D eigenvalue weighted by molar-refractivity contribution is -0.139. The molecule has 0 saturated heterocycles. The minimum absolute atomic E-state index is 0.0214. The zero-order valence-electron chi connectivity index (χ0n) is 22.7. The molecule has 0 fully saturated rings. The summed E-state index contributed by atoms with van der Waals surface area (Å²) in [4.78, 5) is 28.2. The van der Waals surface area contributed by atoms with E-state index in [1.807, 2.05) is 45.0 Å². The van der Waals surface area contributed by atoms with Gasteiger partial charge in [-0.1, -0.05) is 47.5 Å². The van der Waals surface area contributed by atoms with Crippen molar-refractivity contribution < 1.29 is 22.7 Å². The molecular weight excluding hydrogens is 538 g/mol. The Bertz CT molecular complexity index is 1410. The number of halogens is 1. The molecule has 1 atom stereocenters. The van der Waals surface area contributed by atoms with Crippen molar-refractivity contribution in [2.45, 2.75) is 51.2 Å². The number of sulfonamides is 1. The number of hydrogen-bond acceptors (Lipinski definition) is 5. The molecular formula is C29H34ClN3O5S. The van der Waals surface area contributed by atoms with Gasteiger partial charge < -0.3 is 15.0 Å². The number of aryl methyl sites for hydroxylation is 1. The molecule has 0 radical (unpaired) electrons. The van der Waals surface area contributed by atoms with E-state index in [0.29, 0.717) is 10.8 Å². The molecule has 1 N–H and O–H groups in total. The second-order valence-electron chi connectivity index (χ2n) is 9.52. The van der Waals surface area contributed by atoms with Crippen LogP contribution in [0.25, 0.3) is 0 Å². The summed E-state index contributed by atoms with van der Waals surface area (Å²) in [5.74, 6) is -0.382. The van der Waals surface area contributed by atoms with Crippen LogP contribution in [0, 0.1) is 6.92 Å². The Morgan fingerprint density at radius 2 is 1.64 bits per heavy atom. The van der Waals surface area contributed by atoms with Gasteiger partial charge in [0.25, 0.3) is 10.0 Å². The van der Waals surface area contributed by atoms with Gasteiger partial charge in [-0.25, -0.2) is 8.42 Å². The lowest BCUT2D eigenvalue weighted by atomic mass is 10.1. The summed E-state index contributed by atoms with van der Waals surface area (Å²) in [5, 5.41) is 3.16. The van der Waals surface area contributed by atoms with Gasteiger partial charge >= 0.3 is 0 Å². The summed E-state index contributed by atoms with van der Waals surface area (Å²) < 4.78 is 33.9. The van der Waals surface area contributed by atoms with Crippen molar-refractivity contribution in [3.8, 4) is 5.75 Å². The van der Waals surface area contributed by atoms with Gasteiger partial charge in [-0.3, -0.25) is 13.9 Å². The van der Waals surface area contributed by atoms with Crippen molar-refractivity contribution in [2.75, 3.05) is 18.0 Å². The predicted octanol–water partition coefficient (Wildman–Crippen LogP) is 4.79. The third-order valence-corrected chi connectivity index (χ3v) is 8.08. The Morgan fingerprint density at radius 3 is 2.23 bits per heavy atom. The number of carbonyl (C=O) groups is 2. The fourth-order valence-corrected chi connectivity index (χ4v) is 5.62. The number of benzene rings is 3. The van der Waals surface area contributed by atoms with Crippen molar-refractivity contribution in [1.82, 2.24) is 10.2 Å². The standard InChI is InChI=1S/C29H34ClN3O5S/c1-20(2)31-29(35)22(4)32(18-23-9-6-8-21(3)16-23)28(34)19-33(25-11-7-10-24(30)17-25)39(36,37)27-14-12-26(38-5)13-15-27/h6-17,20,22H,18-19H2,1-5H3,(H,31,35). The number of nitrogens with zero attached hydrogens (tertiary/aromatic N) is 2. The highest BCUT2D eigenvalue weighted by atomic mass is 35.5. The summed E-state index contributed by atoms with van der Waals surface area (Å²) in [7, 11) is -2.71. The number of rotatable bonds is 11. The zero-order chi connectivity index (χ0) is 28.7. The molecule has 3 aromatic carbocycles. The number of ether oxygens (including phenoxy) is 1. The van der Waals surface area contributed by atoms with Gasteiger partial charge in [0.2, 0.25) is 11.8 Å². The van der Waals surface area contributed by atoms with Crippen LogP contribution < -0.4 is 14.4 Å². The number of methoxy groups -OCH3 is 1. The van der Waals surface area contributed by atoms with Gasteiger partial charge in [0, 0.05) is 17.6 Å². The number of hydrogen-bond donors (Lipinski definition) is 1. The normalized spacial score (nSPS) is 12.1. The SMILES string of the molecule is COc1ccc(S(=O)(=O)N(CC(=O)N(Cc2cccc(C)c2)C(C)C(=O)NC(C)C)c2cccc(Cl)c2)cc1. The maximum absolute atomic E-state index is 13.9. The third-order valence-electron chi connectivity index (χ3n) is 6.06. The van der Waals surface area contributed by atoms with Crippen molar-refractivity contribution in [3.63, 3.8) is 0 Å². The first kappa shape index (κ1) is 30.0. The Morgan fingerprint density at radius 1 is 0.974 bits per heavy atom. The summed E-state index contributed by atoms with van der Waals surface area (Å²) in [6.07, 6.45) is 0. The average molecular weight is 572 g/mol. The fraction of sp³-hybridized carbons (Fsp3) is 0.310. The molecule has 0 aromatic heterocycles. The van der Waals surface area contributed by atoms with E-state index in [4.69, 9.17) is 16.3 Å².